The SMILES string of the molecule is O=[N+]([O-])c1cc(F)cc(Oc2ccc3c(c2)CCC3)c1. The van der Waals surface area contributed by atoms with Gasteiger partial charge in [0.15, 0.2) is 0 Å². The summed E-state index contributed by atoms with van der Waals surface area (Å²) in [7, 11) is 0. The number of aryl methyl sites for hydroxylation is 2. The van der Waals surface area contributed by atoms with Gasteiger partial charge in [0.05, 0.1) is 17.1 Å². The smallest absolute Gasteiger partial charge is 0.276 e. The van der Waals surface area contributed by atoms with E-state index in [1.807, 2.05) is 12.1 Å². The minimum Gasteiger partial charge on any atom is -0.457 e. The number of non-ortho nitro benzene ring substituents is 1. The zero-order chi connectivity index (χ0) is 14.1. The summed E-state index contributed by atoms with van der Waals surface area (Å²) in [4.78, 5) is 10.1. The van der Waals surface area contributed by atoms with Crippen LogP contribution in [0.3, 0.4) is 0 Å². The van der Waals surface area contributed by atoms with E-state index in [-0.39, 0.29) is 11.4 Å². The van der Waals surface area contributed by atoms with Crippen LogP contribution in [0.5, 0.6) is 11.5 Å². The van der Waals surface area contributed by atoms with Crippen LogP contribution in [0.2, 0.25) is 0 Å². The molecule has 0 heterocycles. The van der Waals surface area contributed by atoms with Crippen molar-refractivity contribution in [1.82, 2.24) is 0 Å². The molecule has 0 N–H and O–H groups in total. The predicted octanol–water partition coefficient (Wildman–Crippen LogP) is 4.01. The monoisotopic (exact) mass is 273 g/mol. The van der Waals surface area contributed by atoms with Crippen molar-refractivity contribution in [2.45, 2.75) is 19.3 Å². The molecule has 3 rings (SSSR count). The molecule has 0 atom stereocenters. The second-order valence-corrected chi connectivity index (χ2v) is 4.79. The van der Waals surface area contributed by atoms with Crippen molar-refractivity contribution in [3.8, 4) is 11.5 Å². The molecule has 0 fully saturated rings. The molecule has 20 heavy (non-hydrogen) atoms. The first-order valence-electron chi connectivity index (χ1n) is 6.36. The minimum atomic E-state index is -0.685. The Morgan fingerprint density at radius 3 is 2.65 bits per heavy atom. The molecular weight excluding hydrogens is 261 g/mol. The molecule has 0 amide bonds. The first kappa shape index (κ1) is 12.6. The van der Waals surface area contributed by atoms with E-state index in [0.29, 0.717) is 5.75 Å². The molecule has 0 aliphatic heterocycles. The fourth-order valence-corrected chi connectivity index (χ4v) is 2.46. The van der Waals surface area contributed by atoms with Gasteiger partial charge < -0.3 is 4.74 Å². The van der Waals surface area contributed by atoms with Crippen LogP contribution in [0, 0.1) is 15.9 Å². The van der Waals surface area contributed by atoms with Gasteiger partial charge >= 0.3 is 0 Å². The molecule has 0 saturated carbocycles. The first-order valence-corrected chi connectivity index (χ1v) is 6.36. The summed E-state index contributed by atoms with van der Waals surface area (Å²) in [5.41, 5.74) is 2.22. The molecular formula is C15H12FNO3. The van der Waals surface area contributed by atoms with Gasteiger partial charge in [-0.2, -0.15) is 0 Å². The van der Waals surface area contributed by atoms with E-state index in [1.165, 1.54) is 17.2 Å². The molecule has 0 bridgehead atoms. The maximum absolute atomic E-state index is 13.3. The molecule has 0 aromatic heterocycles. The normalized spacial score (nSPS) is 13.1. The van der Waals surface area contributed by atoms with Gasteiger partial charge in [0, 0.05) is 6.07 Å². The van der Waals surface area contributed by atoms with Crippen molar-refractivity contribution in [3.63, 3.8) is 0 Å². The number of nitrogens with zero attached hydrogens (tertiary/aromatic N) is 1. The molecule has 1 aliphatic rings. The van der Waals surface area contributed by atoms with Crippen LogP contribution in [-0.4, -0.2) is 4.92 Å². The van der Waals surface area contributed by atoms with Crippen LogP contribution < -0.4 is 4.74 Å². The highest BCUT2D eigenvalue weighted by Crippen LogP contribution is 2.30. The summed E-state index contributed by atoms with van der Waals surface area (Å²) in [6.45, 7) is 0. The minimum absolute atomic E-state index is 0.134. The number of nitro benzene ring substituents is 1. The standard InChI is InChI=1S/C15H12FNO3/c16-12-7-13(17(18)19)9-15(8-12)20-14-5-4-10-2-1-3-11(10)6-14/h4-9H,1-3H2. The lowest BCUT2D eigenvalue weighted by molar-refractivity contribution is -0.385. The summed E-state index contributed by atoms with van der Waals surface area (Å²) in [5.74, 6) is 0.0237. The van der Waals surface area contributed by atoms with E-state index in [0.717, 1.165) is 31.4 Å². The lowest BCUT2D eigenvalue weighted by Crippen LogP contribution is -1.92. The van der Waals surface area contributed by atoms with Crippen LogP contribution in [0.1, 0.15) is 17.5 Å². The fraction of sp³-hybridized carbons (Fsp3) is 0.200. The van der Waals surface area contributed by atoms with Crippen molar-refractivity contribution in [2.75, 3.05) is 0 Å². The number of ether oxygens (including phenoxy) is 1. The van der Waals surface area contributed by atoms with Crippen LogP contribution in [0.15, 0.2) is 36.4 Å². The topological polar surface area (TPSA) is 52.4 Å². The van der Waals surface area contributed by atoms with Gasteiger partial charge in [0.2, 0.25) is 0 Å². The van der Waals surface area contributed by atoms with Gasteiger partial charge in [-0.25, -0.2) is 4.39 Å². The summed E-state index contributed by atoms with van der Waals surface area (Å²) < 4.78 is 18.9. The van der Waals surface area contributed by atoms with Gasteiger partial charge in [-0.15, -0.1) is 0 Å². The fourth-order valence-electron chi connectivity index (χ4n) is 2.46. The van der Waals surface area contributed by atoms with Crippen molar-refractivity contribution < 1.29 is 14.1 Å². The lowest BCUT2D eigenvalue weighted by atomic mass is 10.1. The zero-order valence-electron chi connectivity index (χ0n) is 10.6. The highest BCUT2D eigenvalue weighted by Gasteiger charge is 2.14. The molecule has 4 nitrogen and oxygen atoms in total. The average molecular weight is 273 g/mol. The third kappa shape index (κ3) is 2.47. The molecule has 0 radical (unpaired) electrons. The third-order valence-corrected chi connectivity index (χ3v) is 3.37. The van der Waals surface area contributed by atoms with Gasteiger partial charge in [-0.1, -0.05) is 6.07 Å². The Kier molecular flexibility index (Phi) is 3.10. The van der Waals surface area contributed by atoms with Crippen LogP contribution in [0.4, 0.5) is 10.1 Å². The Labute approximate surface area is 115 Å². The molecule has 0 saturated heterocycles. The summed E-state index contributed by atoms with van der Waals surface area (Å²) in [6.07, 6.45) is 3.21. The Balaban J connectivity index is 1.89. The second kappa shape index (κ2) is 4.92. The molecule has 2 aromatic rings. The zero-order valence-corrected chi connectivity index (χ0v) is 10.6. The van der Waals surface area contributed by atoms with Crippen LogP contribution in [0.25, 0.3) is 0 Å². The second-order valence-electron chi connectivity index (χ2n) is 4.79. The van der Waals surface area contributed by atoms with Crippen molar-refractivity contribution in [2.24, 2.45) is 0 Å². The highest BCUT2D eigenvalue weighted by atomic mass is 19.1. The molecule has 102 valence electrons. The number of nitro groups is 1. The van der Waals surface area contributed by atoms with E-state index < -0.39 is 10.7 Å². The van der Waals surface area contributed by atoms with E-state index in [9.17, 15) is 14.5 Å². The highest BCUT2D eigenvalue weighted by molar-refractivity contribution is 5.44. The molecule has 2 aromatic carbocycles. The molecule has 5 heteroatoms. The van der Waals surface area contributed by atoms with E-state index >= 15 is 0 Å². The maximum Gasteiger partial charge on any atom is 0.276 e. The Morgan fingerprint density at radius 1 is 1.05 bits per heavy atom. The van der Waals surface area contributed by atoms with Crippen molar-refractivity contribution in [3.05, 3.63) is 63.5 Å². The maximum atomic E-state index is 13.3. The largest absolute Gasteiger partial charge is 0.457 e. The number of halogens is 1. The quantitative estimate of drug-likeness (QED) is 0.627. The van der Waals surface area contributed by atoms with Crippen molar-refractivity contribution >= 4 is 5.69 Å². The molecule has 1 aliphatic carbocycles. The first-order chi connectivity index (χ1) is 9.61. The summed E-state index contributed by atoms with van der Waals surface area (Å²) in [6, 6.07) is 8.94. The number of hydrogen-bond acceptors (Lipinski definition) is 3. The number of fused-ring (bicyclic) bond motifs is 1. The predicted molar refractivity (Wildman–Crippen MR) is 71.6 cm³/mol. The lowest BCUT2D eigenvalue weighted by Gasteiger charge is -2.08. The van der Waals surface area contributed by atoms with Crippen LogP contribution in [-0.2, 0) is 12.8 Å². The molecule has 0 unspecified atom stereocenters. The Bertz CT molecular complexity index is 685. The number of rotatable bonds is 3. The van der Waals surface area contributed by atoms with Gasteiger partial charge in [-0.3, -0.25) is 10.1 Å². The average Bonchev–Trinajstić information content (AvgIpc) is 2.85. The van der Waals surface area contributed by atoms with E-state index in [4.69, 9.17) is 4.74 Å². The van der Waals surface area contributed by atoms with Crippen molar-refractivity contribution in [1.29, 1.82) is 0 Å². The van der Waals surface area contributed by atoms with Crippen LogP contribution >= 0.6 is 0 Å². The van der Waals surface area contributed by atoms with Gasteiger partial charge in [0.25, 0.3) is 5.69 Å². The van der Waals surface area contributed by atoms with E-state index in [1.54, 1.807) is 6.07 Å². The molecule has 0 spiro atoms. The Hall–Kier alpha value is -2.43. The van der Waals surface area contributed by atoms with Gasteiger partial charge in [-0.05, 0) is 42.5 Å². The number of benzene rings is 2. The Morgan fingerprint density at radius 2 is 1.85 bits per heavy atom. The summed E-state index contributed by atoms with van der Waals surface area (Å²) >= 11 is 0. The number of hydrogen-bond donors (Lipinski definition) is 0. The third-order valence-electron chi connectivity index (χ3n) is 3.37. The van der Waals surface area contributed by atoms with Gasteiger partial charge in [0.1, 0.15) is 17.3 Å². The summed E-state index contributed by atoms with van der Waals surface area (Å²) in [5, 5.41) is 10.7. The van der Waals surface area contributed by atoms with E-state index in [2.05, 4.69) is 0 Å².